The fraction of sp³-hybridized carbons (Fsp3) is 0.188. The number of amides is 2. The summed E-state index contributed by atoms with van der Waals surface area (Å²) in [5.41, 5.74) is 0.598. The molecule has 5 heteroatoms. The second-order valence-electron chi connectivity index (χ2n) is 4.89. The lowest BCUT2D eigenvalue weighted by molar-refractivity contribution is -0.138. The molecule has 2 aromatic rings. The van der Waals surface area contributed by atoms with Gasteiger partial charge in [0.1, 0.15) is 5.75 Å². The van der Waals surface area contributed by atoms with Gasteiger partial charge in [0.25, 0.3) is 5.91 Å². The molecule has 1 heterocycles. The van der Waals surface area contributed by atoms with E-state index in [1.807, 2.05) is 18.2 Å². The highest BCUT2D eigenvalue weighted by molar-refractivity contribution is 6.00. The van der Waals surface area contributed by atoms with Crippen molar-refractivity contribution < 1.29 is 14.3 Å². The predicted octanol–water partition coefficient (Wildman–Crippen LogP) is 1.90. The lowest BCUT2D eigenvalue weighted by Gasteiger charge is -2.22. The fourth-order valence-corrected chi connectivity index (χ4v) is 2.32. The van der Waals surface area contributed by atoms with Crippen LogP contribution in [0.1, 0.15) is 18.4 Å². The van der Waals surface area contributed by atoms with Crippen LogP contribution in [0.2, 0.25) is 0 Å². The molecule has 0 spiro atoms. The Kier molecular flexibility index (Phi) is 3.28. The third kappa shape index (κ3) is 2.70. The average molecular weight is 280 g/mol. The topological polar surface area (TPSA) is 79.2 Å². The summed E-state index contributed by atoms with van der Waals surface area (Å²) in [4.78, 5) is 22.8. The highest BCUT2D eigenvalue weighted by Crippen LogP contribution is 2.24. The Balaban J connectivity index is 1.83. The Morgan fingerprint density at radius 1 is 1.14 bits per heavy atom. The van der Waals surface area contributed by atoms with Crippen molar-refractivity contribution in [1.82, 2.24) is 5.32 Å². The maximum absolute atomic E-state index is 11.7. The van der Waals surface area contributed by atoms with Gasteiger partial charge in [-0.15, -0.1) is 0 Å². The van der Waals surface area contributed by atoms with E-state index in [-0.39, 0.29) is 12.3 Å². The first-order valence-corrected chi connectivity index (χ1v) is 6.60. The van der Waals surface area contributed by atoms with Gasteiger partial charge in [0, 0.05) is 12.8 Å². The van der Waals surface area contributed by atoms with Crippen molar-refractivity contribution in [2.75, 3.05) is 0 Å². The summed E-state index contributed by atoms with van der Waals surface area (Å²) < 4.78 is 5.65. The summed E-state index contributed by atoms with van der Waals surface area (Å²) >= 11 is 0. The molecule has 0 bridgehead atoms. The number of hydrogen-bond acceptors (Lipinski definition) is 4. The third-order valence-corrected chi connectivity index (χ3v) is 3.41. The number of nitrogens with one attached hydrogen (secondary N) is 1. The van der Waals surface area contributed by atoms with Gasteiger partial charge in [-0.3, -0.25) is 14.9 Å². The largest absolute Gasteiger partial charge is 0.481 e. The molecule has 21 heavy (non-hydrogen) atoms. The van der Waals surface area contributed by atoms with Crippen LogP contribution in [0, 0.1) is 11.3 Å². The Morgan fingerprint density at radius 3 is 2.67 bits per heavy atom. The molecular formula is C16H12N2O3. The van der Waals surface area contributed by atoms with Gasteiger partial charge >= 0.3 is 0 Å². The summed E-state index contributed by atoms with van der Waals surface area (Å²) in [6.07, 6.45) is 0.0320. The molecule has 1 fully saturated rings. The highest BCUT2D eigenvalue weighted by Gasteiger charge is 2.28. The molecule has 1 saturated heterocycles. The minimum atomic E-state index is -0.640. The summed E-state index contributed by atoms with van der Waals surface area (Å²) in [5.74, 6) is -0.0877. The van der Waals surface area contributed by atoms with Gasteiger partial charge in [0.15, 0.2) is 6.10 Å². The third-order valence-electron chi connectivity index (χ3n) is 3.41. The number of hydrogen-bond donors (Lipinski definition) is 1. The SMILES string of the molecule is N#Cc1ccc2cc(OC3CCC(=O)NC3=O)ccc2c1. The molecule has 1 atom stereocenters. The second-order valence-corrected chi connectivity index (χ2v) is 4.89. The van der Waals surface area contributed by atoms with Crippen LogP contribution >= 0.6 is 0 Å². The number of carbonyl (C=O) groups is 2. The first-order chi connectivity index (χ1) is 10.2. The molecule has 2 aromatic carbocycles. The number of nitriles is 1. The Hall–Kier alpha value is -2.87. The van der Waals surface area contributed by atoms with Crippen LogP contribution < -0.4 is 10.1 Å². The lowest BCUT2D eigenvalue weighted by Crippen LogP contribution is -2.46. The molecule has 104 valence electrons. The molecule has 0 radical (unpaired) electrons. The zero-order chi connectivity index (χ0) is 14.8. The van der Waals surface area contributed by atoms with E-state index in [0.29, 0.717) is 17.7 Å². The summed E-state index contributed by atoms with van der Waals surface area (Å²) in [7, 11) is 0. The minimum Gasteiger partial charge on any atom is -0.481 e. The van der Waals surface area contributed by atoms with E-state index in [1.165, 1.54) is 0 Å². The van der Waals surface area contributed by atoms with Crippen molar-refractivity contribution in [3.05, 3.63) is 42.0 Å². The summed E-state index contributed by atoms with van der Waals surface area (Å²) in [5, 5.41) is 13.0. The average Bonchev–Trinajstić information content (AvgIpc) is 2.49. The maximum atomic E-state index is 11.7. The van der Waals surface area contributed by atoms with Crippen LogP contribution in [0.3, 0.4) is 0 Å². The highest BCUT2D eigenvalue weighted by atomic mass is 16.5. The van der Waals surface area contributed by atoms with Crippen LogP contribution in [0.5, 0.6) is 5.75 Å². The van der Waals surface area contributed by atoms with Crippen LogP contribution in [-0.4, -0.2) is 17.9 Å². The first kappa shape index (κ1) is 13.1. The van der Waals surface area contributed by atoms with Gasteiger partial charge in [-0.2, -0.15) is 5.26 Å². The summed E-state index contributed by atoms with van der Waals surface area (Å²) in [6.45, 7) is 0. The minimum absolute atomic E-state index is 0.262. The normalized spacial score (nSPS) is 18.1. The van der Waals surface area contributed by atoms with Crippen molar-refractivity contribution in [3.63, 3.8) is 0 Å². The smallest absolute Gasteiger partial charge is 0.267 e. The number of fused-ring (bicyclic) bond motifs is 1. The van der Waals surface area contributed by atoms with Crippen molar-refractivity contribution >= 4 is 22.6 Å². The van der Waals surface area contributed by atoms with E-state index in [9.17, 15) is 9.59 Å². The van der Waals surface area contributed by atoms with E-state index in [1.54, 1.807) is 18.2 Å². The quantitative estimate of drug-likeness (QED) is 0.852. The Bertz CT molecular complexity index is 777. The Morgan fingerprint density at radius 2 is 1.90 bits per heavy atom. The van der Waals surface area contributed by atoms with Gasteiger partial charge in [0.2, 0.25) is 5.91 Å². The molecule has 1 unspecified atom stereocenters. The number of carbonyl (C=O) groups excluding carboxylic acids is 2. The molecule has 2 amide bonds. The number of ether oxygens (including phenoxy) is 1. The second kappa shape index (κ2) is 5.25. The molecule has 0 aliphatic carbocycles. The first-order valence-electron chi connectivity index (χ1n) is 6.60. The van der Waals surface area contributed by atoms with Crippen molar-refractivity contribution in [1.29, 1.82) is 5.26 Å². The number of benzene rings is 2. The van der Waals surface area contributed by atoms with Crippen molar-refractivity contribution in [2.24, 2.45) is 0 Å². The predicted molar refractivity (Wildman–Crippen MR) is 75.5 cm³/mol. The molecule has 0 saturated carbocycles. The monoisotopic (exact) mass is 280 g/mol. The van der Waals surface area contributed by atoms with E-state index < -0.39 is 12.0 Å². The van der Waals surface area contributed by atoms with Crippen molar-refractivity contribution in [3.8, 4) is 11.8 Å². The molecule has 5 nitrogen and oxygen atoms in total. The van der Waals surface area contributed by atoms with E-state index in [0.717, 1.165) is 10.8 Å². The van der Waals surface area contributed by atoms with E-state index in [2.05, 4.69) is 11.4 Å². The van der Waals surface area contributed by atoms with Gasteiger partial charge in [-0.1, -0.05) is 12.1 Å². The lowest BCUT2D eigenvalue weighted by atomic mass is 10.1. The van der Waals surface area contributed by atoms with Gasteiger partial charge in [-0.05, 0) is 35.0 Å². The number of imide groups is 1. The van der Waals surface area contributed by atoms with E-state index in [4.69, 9.17) is 10.00 Å². The fourth-order valence-electron chi connectivity index (χ4n) is 2.32. The van der Waals surface area contributed by atoms with Gasteiger partial charge < -0.3 is 4.74 Å². The molecule has 1 N–H and O–H groups in total. The molecule has 0 aromatic heterocycles. The molecular weight excluding hydrogens is 268 g/mol. The number of nitrogens with zero attached hydrogens (tertiary/aromatic N) is 1. The standard InChI is InChI=1S/C16H12N2O3/c17-9-10-1-2-12-8-13(4-3-11(12)7-10)21-14-5-6-15(19)18-16(14)20/h1-4,7-8,14H,5-6H2,(H,18,19,20). The molecule has 1 aliphatic heterocycles. The summed E-state index contributed by atoms with van der Waals surface area (Å²) in [6, 6.07) is 12.9. The zero-order valence-electron chi connectivity index (χ0n) is 11.1. The molecule has 3 rings (SSSR count). The van der Waals surface area contributed by atoms with Gasteiger partial charge in [-0.25, -0.2) is 0 Å². The number of piperidine rings is 1. The maximum Gasteiger partial charge on any atom is 0.267 e. The Labute approximate surface area is 121 Å². The van der Waals surface area contributed by atoms with Crippen LogP contribution in [-0.2, 0) is 9.59 Å². The molecule has 1 aliphatic rings. The van der Waals surface area contributed by atoms with Gasteiger partial charge in [0.05, 0.1) is 11.6 Å². The van der Waals surface area contributed by atoms with Crippen LogP contribution in [0.4, 0.5) is 0 Å². The zero-order valence-corrected chi connectivity index (χ0v) is 11.1. The number of rotatable bonds is 2. The van der Waals surface area contributed by atoms with E-state index >= 15 is 0 Å². The van der Waals surface area contributed by atoms with Crippen molar-refractivity contribution in [2.45, 2.75) is 18.9 Å². The van der Waals surface area contributed by atoms with Crippen LogP contribution in [0.25, 0.3) is 10.8 Å². The van der Waals surface area contributed by atoms with Crippen LogP contribution in [0.15, 0.2) is 36.4 Å².